The van der Waals surface area contributed by atoms with Crippen LogP contribution in [0.2, 0.25) is 0 Å². The van der Waals surface area contributed by atoms with Crippen LogP contribution in [0.15, 0.2) is 6.33 Å². The lowest BCUT2D eigenvalue weighted by molar-refractivity contribution is 0.138. The second kappa shape index (κ2) is 8.20. The summed E-state index contributed by atoms with van der Waals surface area (Å²) in [6.45, 7) is 5.07. The summed E-state index contributed by atoms with van der Waals surface area (Å²) in [4.78, 5) is 3.88. The van der Waals surface area contributed by atoms with Crippen LogP contribution in [0.4, 0.5) is 5.95 Å². The van der Waals surface area contributed by atoms with Crippen LogP contribution in [0, 0.1) is 0 Å². The van der Waals surface area contributed by atoms with Gasteiger partial charge in [-0.15, -0.1) is 0 Å². The van der Waals surface area contributed by atoms with E-state index in [4.69, 9.17) is 13.8 Å². The lowest BCUT2D eigenvalue weighted by Crippen LogP contribution is -2.12. The maximum absolute atomic E-state index is 12.0. The van der Waals surface area contributed by atoms with E-state index in [1.165, 1.54) is 6.33 Å². The molecule has 2 N–H and O–H groups in total. The number of aromatic nitrogens is 3. The Hall–Kier alpha value is -0.950. The van der Waals surface area contributed by atoms with E-state index in [0.717, 1.165) is 0 Å². The first-order chi connectivity index (χ1) is 8.70. The zero-order valence-electron chi connectivity index (χ0n) is 10.6. The number of H-pyrrole nitrogens is 1. The van der Waals surface area contributed by atoms with Crippen LogP contribution in [0.5, 0.6) is 0 Å². The maximum Gasteiger partial charge on any atom is 0.356 e. The highest BCUT2D eigenvalue weighted by molar-refractivity contribution is 7.53. The van der Waals surface area contributed by atoms with E-state index >= 15 is 0 Å². The molecule has 1 aromatic rings. The van der Waals surface area contributed by atoms with Crippen molar-refractivity contribution in [1.82, 2.24) is 15.2 Å². The molecule has 104 valence electrons. The quantitative estimate of drug-likeness (QED) is 0.493. The molecule has 1 rings (SSSR count). The lowest BCUT2D eigenvalue weighted by atomic mass is 10.7. The molecule has 0 fully saturated rings. The predicted molar refractivity (Wildman–Crippen MR) is 66.5 cm³/mol. The standard InChI is InChI=1S/C9H19N4O4P/c1-3-16-18(14,17-4-2)8-15-6-5-10-9-11-7-12-13-9/h7H,3-6,8H2,1-2H3,(H2,10,11,12,13). The van der Waals surface area contributed by atoms with Crippen molar-refractivity contribution in [3.63, 3.8) is 0 Å². The number of nitrogens with zero attached hydrogens (tertiary/aromatic N) is 2. The molecule has 8 nitrogen and oxygen atoms in total. The topological polar surface area (TPSA) is 98.4 Å². The van der Waals surface area contributed by atoms with Gasteiger partial charge in [0.25, 0.3) is 0 Å². The van der Waals surface area contributed by atoms with Gasteiger partial charge in [0, 0.05) is 6.54 Å². The molecule has 0 bridgehead atoms. The molecule has 1 heterocycles. The Balaban J connectivity index is 2.16. The molecular formula is C9H19N4O4P. The first-order valence-electron chi connectivity index (χ1n) is 5.75. The van der Waals surface area contributed by atoms with Crippen LogP contribution in [-0.2, 0) is 18.3 Å². The van der Waals surface area contributed by atoms with Crippen molar-refractivity contribution in [1.29, 1.82) is 0 Å². The van der Waals surface area contributed by atoms with Gasteiger partial charge in [-0.05, 0) is 13.8 Å². The summed E-state index contributed by atoms with van der Waals surface area (Å²) in [6, 6.07) is 0. The van der Waals surface area contributed by atoms with Crippen LogP contribution >= 0.6 is 7.60 Å². The molecule has 0 aliphatic heterocycles. The molecule has 0 aromatic carbocycles. The summed E-state index contributed by atoms with van der Waals surface area (Å²) in [5, 5.41) is 9.29. The Labute approximate surface area is 106 Å². The molecule has 0 aliphatic carbocycles. The molecule has 0 saturated heterocycles. The molecule has 0 saturated carbocycles. The maximum atomic E-state index is 12.0. The fourth-order valence-electron chi connectivity index (χ4n) is 1.21. The fourth-order valence-corrected chi connectivity index (χ4v) is 2.58. The molecule has 0 atom stereocenters. The van der Waals surface area contributed by atoms with Crippen molar-refractivity contribution < 1.29 is 18.3 Å². The third kappa shape index (κ3) is 5.59. The van der Waals surface area contributed by atoms with E-state index in [0.29, 0.717) is 32.3 Å². The van der Waals surface area contributed by atoms with Gasteiger partial charge in [0.15, 0.2) is 0 Å². The highest BCUT2D eigenvalue weighted by Crippen LogP contribution is 2.47. The average Bonchev–Trinajstić information content (AvgIpc) is 2.82. The molecule has 0 unspecified atom stereocenters. The zero-order chi connectivity index (χ0) is 13.3. The van der Waals surface area contributed by atoms with Crippen LogP contribution < -0.4 is 5.32 Å². The normalized spacial score (nSPS) is 11.7. The van der Waals surface area contributed by atoms with E-state index in [1.54, 1.807) is 13.8 Å². The minimum absolute atomic E-state index is 0.0488. The van der Waals surface area contributed by atoms with Crippen molar-refractivity contribution in [2.45, 2.75) is 13.8 Å². The largest absolute Gasteiger partial charge is 0.367 e. The molecule has 0 aliphatic rings. The Kier molecular flexibility index (Phi) is 6.89. The second-order valence-corrected chi connectivity index (χ2v) is 5.24. The van der Waals surface area contributed by atoms with E-state index in [2.05, 4.69) is 20.5 Å². The minimum atomic E-state index is -3.11. The van der Waals surface area contributed by atoms with Crippen LogP contribution in [0.3, 0.4) is 0 Å². The molecule has 9 heteroatoms. The zero-order valence-corrected chi connectivity index (χ0v) is 11.5. The van der Waals surface area contributed by atoms with Gasteiger partial charge in [-0.3, -0.25) is 4.57 Å². The van der Waals surface area contributed by atoms with Crippen molar-refractivity contribution in [3.05, 3.63) is 6.33 Å². The monoisotopic (exact) mass is 278 g/mol. The van der Waals surface area contributed by atoms with Gasteiger partial charge in [-0.25, -0.2) is 10.1 Å². The van der Waals surface area contributed by atoms with Gasteiger partial charge >= 0.3 is 7.60 Å². The van der Waals surface area contributed by atoms with E-state index in [9.17, 15) is 4.57 Å². The fraction of sp³-hybridized carbons (Fsp3) is 0.778. The summed E-state index contributed by atoms with van der Waals surface area (Å²) in [5.41, 5.74) is 0. The first-order valence-corrected chi connectivity index (χ1v) is 7.48. The number of anilines is 1. The Morgan fingerprint density at radius 2 is 2.11 bits per heavy atom. The summed E-state index contributed by atoms with van der Waals surface area (Å²) in [6.07, 6.45) is 1.36. The Morgan fingerprint density at radius 3 is 2.67 bits per heavy atom. The summed E-state index contributed by atoms with van der Waals surface area (Å²) in [7, 11) is -3.11. The van der Waals surface area contributed by atoms with Crippen molar-refractivity contribution in [2.75, 3.05) is 38.0 Å². The predicted octanol–water partition coefficient (Wildman–Crippen LogP) is 1.46. The minimum Gasteiger partial charge on any atom is -0.367 e. The second-order valence-electron chi connectivity index (χ2n) is 3.24. The van der Waals surface area contributed by atoms with Crippen molar-refractivity contribution in [3.8, 4) is 0 Å². The number of nitrogens with one attached hydrogen (secondary N) is 2. The number of hydrogen-bond donors (Lipinski definition) is 2. The smallest absolute Gasteiger partial charge is 0.356 e. The summed E-state index contributed by atoms with van der Waals surface area (Å²) < 4.78 is 27.4. The highest BCUT2D eigenvalue weighted by Gasteiger charge is 2.23. The molecule has 18 heavy (non-hydrogen) atoms. The van der Waals surface area contributed by atoms with E-state index in [1.807, 2.05) is 0 Å². The van der Waals surface area contributed by atoms with Gasteiger partial charge in [0.2, 0.25) is 5.95 Å². The third-order valence-corrected chi connectivity index (χ3v) is 3.66. The molecular weight excluding hydrogens is 259 g/mol. The van der Waals surface area contributed by atoms with Gasteiger partial charge in [0.1, 0.15) is 12.7 Å². The van der Waals surface area contributed by atoms with Crippen LogP contribution in [0.1, 0.15) is 13.8 Å². The molecule has 0 spiro atoms. The average molecular weight is 278 g/mol. The molecule has 1 aromatic heterocycles. The lowest BCUT2D eigenvalue weighted by Gasteiger charge is -2.16. The van der Waals surface area contributed by atoms with Gasteiger partial charge in [0.05, 0.1) is 19.8 Å². The summed E-state index contributed by atoms with van der Waals surface area (Å²) >= 11 is 0. The van der Waals surface area contributed by atoms with Gasteiger partial charge < -0.3 is 19.1 Å². The van der Waals surface area contributed by atoms with Crippen LogP contribution in [0.25, 0.3) is 0 Å². The van der Waals surface area contributed by atoms with Crippen molar-refractivity contribution >= 4 is 13.5 Å². The number of aromatic amines is 1. The Morgan fingerprint density at radius 1 is 1.39 bits per heavy atom. The molecule has 0 amide bonds. The first kappa shape index (κ1) is 15.1. The molecule has 0 radical (unpaired) electrons. The van der Waals surface area contributed by atoms with E-state index < -0.39 is 7.60 Å². The number of hydrogen-bond acceptors (Lipinski definition) is 7. The summed E-state index contributed by atoms with van der Waals surface area (Å²) in [5.74, 6) is 0.566. The number of ether oxygens (including phenoxy) is 1. The van der Waals surface area contributed by atoms with Crippen molar-refractivity contribution in [2.24, 2.45) is 0 Å². The van der Waals surface area contributed by atoms with Gasteiger partial charge in [-0.1, -0.05) is 0 Å². The Bertz CT molecular complexity index is 349. The SMILES string of the molecule is CCOP(=O)(COCCNc1ncn[nH]1)OCC. The number of rotatable bonds is 10. The van der Waals surface area contributed by atoms with Crippen LogP contribution in [-0.4, -0.2) is 47.9 Å². The highest BCUT2D eigenvalue weighted by atomic mass is 31.2. The van der Waals surface area contributed by atoms with Gasteiger partial charge in [-0.2, -0.15) is 5.10 Å². The van der Waals surface area contributed by atoms with E-state index in [-0.39, 0.29) is 6.35 Å². The third-order valence-electron chi connectivity index (χ3n) is 1.85.